The van der Waals surface area contributed by atoms with E-state index in [-0.39, 0.29) is 18.0 Å². The summed E-state index contributed by atoms with van der Waals surface area (Å²) in [6.45, 7) is 1.02. The quantitative estimate of drug-likeness (QED) is 0.840. The van der Waals surface area contributed by atoms with Gasteiger partial charge in [0.2, 0.25) is 11.8 Å². The molecule has 2 aromatic rings. The van der Waals surface area contributed by atoms with Crippen molar-refractivity contribution in [3.8, 4) is 0 Å². The molecule has 0 aromatic heterocycles. The minimum atomic E-state index is -0.744. The number of benzene rings is 2. The summed E-state index contributed by atoms with van der Waals surface area (Å²) in [5, 5.41) is 5.54. The Morgan fingerprint density at radius 1 is 1.08 bits per heavy atom. The molecule has 0 aliphatic heterocycles. The maximum Gasteiger partial charge on any atom is 0.257 e. The van der Waals surface area contributed by atoms with E-state index in [0.717, 1.165) is 11.0 Å². The van der Waals surface area contributed by atoms with Crippen LogP contribution in [0.1, 0.15) is 17.3 Å². The van der Waals surface area contributed by atoms with Gasteiger partial charge in [-0.2, -0.15) is 0 Å². The van der Waals surface area contributed by atoms with Gasteiger partial charge in [0, 0.05) is 30.4 Å². The molecule has 0 bridgehead atoms. The van der Waals surface area contributed by atoms with Gasteiger partial charge in [0.1, 0.15) is 5.82 Å². The highest BCUT2D eigenvalue weighted by Crippen LogP contribution is 2.17. The normalized spacial score (nSPS) is 10.2. The standard InChI is InChI=1S/C18H17ClFN3O3/c1-11(24)21-14-6-7-16(20)15(9-14)18(26)23(2)10-17(25)22-13-5-3-4-12(19)8-13/h3-9H,10H2,1-2H3,(H,21,24)(H,22,25). The van der Waals surface area contributed by atoms with Gasteiger partial charge in [0.05, 0.1) is 12.1 Å². The van der Waals surface area contributed by atoms with Crippen LogP contribution < -0.4 is 10.6 Å². The van der Waals surface area contributed by atoms with Crippen LogP contribution in [0.15, 0.2) is 42.5 Å². The topological polar surface area (TPSA) is 78.5 Å². The van der Waals surface area contributed by atoms with E-state index in [0.29, 0.717) is 16.4 Å². The van der Waals surface area contributed by atoms with Crippen LogP contribution in [-0.4, -0.2) is 36.2 Å². The van der Waals surface area contributed by atoms with E-state index in [9.17, 15) is 18.8 Å². The third kappa shape index (κ3) is 5.29. The fourth-order valence-electron chi connectivity index (χ4n) is 2.23. The second kappa shape index (κ2) is 8.44. The van der Waals surface area contributed by atoms with Crippen molar-refractivity contribution in [1.82, 2.24) is 4.90 Å². The van der Waals surface area contributed by atoms with Crippen molar-refractivity contribution in [3.05, 3.63) is 58.9 Å². The molecule has 0 fully saturated rings. The van der Waals surface area contributed by atoms with Crippen molar-refractivity contribution in [2.24, 2.45) is 0 Å². The molecule has 0 saturated heterocycles. The molecule has 0 radical (unpaired) electrons. The number of amides is 3. The molecule has 26 heavy (non-hydrogen) atoms. The Bertz CT molecular complexity index is 857. The molecule has 0 aliphatic rings. The fraction of sp³-hybridized carbons (Fsp3) is 0.167. The first-order valence-electron chi connectivity index (χ1n) is 7.64. The number of nitrogens with one attached hydrogen (secondary N) is 2. The van der Waals surface area contributed by atoms with Gasteiger partial charge in [-0.1, -0.05) is 17.7 Å². The van der Waals surface area contributed by atoms with Gasteiger partial charge in [0.15, 0.2) is 0 Å². The van der Waals surface area contributed by atoms with Gasteiger partial charge in [-0.3, -0.25) is 14.4 Å². The smallest absolute Gasteiger partial charge is 0.257 e. The molecule has 3 amide bonds. The number of carbonyl (C=O) groups excluding carboxylic acids is 3. The molecular weight excluding hydrogens is 361 g/mol. The molecule has 136 valence electrons. The second-order valence-corrected chi connectivity index (χ2v) is 6.03. The zero-order valence-electron chi connectivity index (χ0n) is 14.2. The third-order valence-corrected chi connectivity index (χ3v) is 3.59. The first kappa shape index (κ1) is 19.4. The Hall–Kier alpha value is -2.93. The second-order valence-electron chi connectivity index (χ2n) is 5.60. The molecule has 6 nitrogen and oxygen atoms in total. The molecule has 0 heterocycles. The fourth-order valence-corrected chi connectivity index (χ4v) is 2.42. The Labute approximate surface area is 154 Å². The molecule has 0 spiro atoms. The maximum atomic E-state index is 14.0. The van der Waals surface area contributed by atoms with Crippen LogP contribution in [0, 0.1) is 5.82 Å². The largest absolute Gasteiger partial charge is 0.332 e. The van der Waals surface area contributed by atoms with Gasteiger partial charge in [-0.05, 0) is 36.4 Å². The van der Waals surface area contributed by atoms with Gasteiger partial charge >= 0.3 is 0 Å². The van der Waals surface area contributed by atoms with E-state index in [2.05, 4.69) is 10.6 Å². The van der Waals surface area contributed by atoms with Crippen LogP contribution in [0.4, 0.5) is 15.8 Å². The SMILES string of the molecule is CC(=O)Nc1ccc(F)c(C(=O)N(C)CC(=O)Nc2cccc(Cl)c2)c1. The molecule has 0 aliphatic carbocycles. The van der Waals surface area contributed by atoms with E-state index < -0.39 is 17.6 Å². The first-order valence-corrected chi connectivity index (χ1v) is 8.02. The minimum absolute atomic E-state index is 0.241. The Morgan fingerprint density at radius 3 is 2.42 bits per heavy atom. The summed E-state index contributed by atoms with van der Waals surface area (Å²) in [7, 11) is 1.38. The van der Waals surface area contributed by atoms with E-state index in [1.54, 1.807) is 24.3 Å². The highest BCUT2D eigenvalue weighted by molar-refractivity contribution is 6.30. The number of rotatable bonds is 5. The molecule has 2 rings (SSSR count). The summed E-state index contributed by atoms with van der Waals surface area (Å²) in [5.74, 6) is -2.23. The van der Waals surface area contributed by atoms with Crippen molar-refractivity contribution >= 4 is 40.7 Å². The van der Waals surface area contributed by atoms with Crippen LogP contribution in [-0.2, 0) is 9.59 Å². The zero-order valence-corrected chi connectivity index (χ0v) is 14.9. The van der Waals surface area contributed by atoms with Crippen molar-refractivity contribution in [1.29, 1.82) is 0 Å². The van der Waals surface area contributed by atoms with Gasteiger partial charge in [-0.15, -0.1) is 0 Å². The van der Waals surface area contributed by atoms with Crippen LogP contribution in [0.3, 0.4) is 0 Å². The van der Waals surface area contributed by atoms with E-state index in [4.69, 9.17) is 11.6 Å². The first-order chi connectivity index (χ1) is 12.3. The van der Waals surface area contributed by atoms with E-state index >= 15 is 0 Å². The van der Waals surface area contributed by atoms with Gasteiger partial charge in [0.25, 0.3) is 5.91 Å². The Kier molecular flexibility index (Phi) is 6.30. The predicted molar refractivity (Wildman–Crippen MR) is 97.7 cm³/mol. The lowest BCUT2D eigenvalue weighted by molar-refractivity contribution is -0.116. The predicted octanol–water partition coefficient (Wildman–Crippen LogP) is 3.15. The molecule has 8 heteroatoms. The summed E-state index contributed by atoms with van der Waals surface area (Å²) >= 11 is 5.85. The summed E-state index contributed by atoms with van der Waals surface area (Å²) in [6, 6.07) is 10.2. The molecular formula is C18H17ClFN3O3. The van der Waals surface area contributed by atoms with Crippen molar-refractivity contribution in [2.75, 3.05) is 24.2 Å². The van der Waals surface area contributed by atoms with Crippen molar-refractivity contribution < 1.29 is 18.8 Å². The molecule has 0 saturated carbocycles. The number of hydrogen-bond acceptors (Lipinski definition) is 3. The Morgan fingerprint density at radius 2 is 1.77 bits per heavy atom. The molecule has 0 unspecified atom stereocenters. The lowest BCUT2D eigenvalue weighted by atomic mass is 10.1. The van der Waals surface area contributed by atoms with Crippen LogP contribution in [0.25, 0.3) is 0 Å². The summed E-state index contributed by atoms with van der Waals surface area (Å²) in [4.78, 5) is 36.7. The number of anilines is 2. The summed E-state index contributed by atoms with van der Waals surface area (Å²) in [5.41, 5.74) is 0.538. The monoisotopic (exact) mass is 377 g/mol. The van der Waals surface area contributed by atoms with Crippen LogP contribution in [0.5, 0.6) is 0 Å². The highest BCUT2D eigenvalue weighted by Gasteiger charge is 2.19. The molecule has 0 atom stereocenters. The van der Waals surface area contributed by atoms with E-state index in [1.807, 2.05) is 0 Å². The van der Waals surface area contributed by atoms with E-state index in [1.165, 1.54) is 26.1 Å². The average Bonchev–Trinajstić information content (AvgIpc) is 2.55. The van der Waals surface area contributed by atoms with Crippen molar-refractivity contribution in [3.63, 3.8) is 0 Å². The summed E-state index contributed by atoms with van der Waals surface area (Å²) in [6.07, 6.45) is 0. The number of carbonyl (C=O) groups is 3. The third-order valence-electron chi connectivity index (χ3n) is 3.35. The lowest BCUT2D eigenvalue weighted by Gasteiger charge is -2.18. The number of nitrogens with zero attached hydrogens (tertiary/aromatic N) is 1. The zero-order chi connectivity index (χ0) is 19.3. The highest BCUT2D eigenvalue weighted by atomic mass is 35.5. The van der Waals surface area contributed by atoms with Crippen LogP contribution >= 0.6 is 11.6 Å². The van der Waals surface area contributed by atoms with Crippen LogP contribution in [0.2, 0.25) is 5.02 Å². The number of halogens is 2. The summed E-state index contributed by atoms with van der Waals surface area (Å²) < 4.78 is 14.0. The molecule has 2 aromatic carbocycles. The maximum absolute atomic E-state index is 14.0. The lowest BCUT2D eigenvalue weighted by Crippen LogP contribution is -2.35. The Balaban J connectivity index is 2.07. The number of likely N-dealkylation sites (N-methyl/N-ethyl adjacent to an activating group) is 1. The number of hydrogen-bond donors (Lipinski definition) is 2. The average molecular weight is 378 g/mol. The minimum Gasteiger partial charge on any atom is -0.332 e. The van der Waals surface area contributed by atoms with Crippen molar-refractivity contribution in [2.45, 2.75) is 6.92 Å². The van der Waals surface area contributed by atoms with Gasteiger partial charge < -0.3 is 15.5 Å². The molecule has 2 N–H and O–H groups in total. The van der Waals surface area contributed by atoms with Gasteiger partial charge in [-0.25, -0.2) is 4.39 Å².